The van der Waals surface area contributed by atoms with Gasteiger partial charge in [-0.3, -0.25) is 23.2 Å². The molecular formula is C44H76O14P2. The van der Waals surface area contributed by atoms with Crippen LogP contribution >= 0.6 is 15.6 Å². The molecule has 0 saturated carbocycles. The van der Waals surface area contributed by atoms with E-state index in [0.29, 0.717) is 25.7 Å². The fourth-order valence-corrected chi connectivity index (χ4v) is 6.50. The Balaban J connectivity index is 4.67. The third-order valence-electron chi connectivity index (χ3n) is 8.62. The first-order chi connectivity index (χ1) is 28.6. The van der Waals surface area contributed by atoms with Crippen molar-refractivity contribution in [3.63, 3.8) is 0 Å². The molecule has 0 aromatic rings. The molecule has 0 bridgehead atoms. The molecule has 0 amide bonds. The summed E-state index contributed by atoms with van der Waals surface area (Å²) in [4.78, 5) is 52.6. The zero-order valence-electron chi connectivity index (χ0n) is 36.3. The lowest BCUT2D eigenvalue weighted by atomic mass is 10.0. The maximum Gasteiger partial charge on any atom is 0.472 e. The lowest BCUT2D eigenvalue weighted by Crippen LogP contribution is -2.29. The van der Waals surface area contributed by atoms with Crippen molar-refractivity contribution in [2.45, 2.75) is 161 Å². The summed E-state index contributed by atoms with van der Waals surface area (Å²) in [7, 11) is -9.71. The third-order valence-corrected chi connectivity index (χ3v) is 10.1. The Bertz CT molecular complexity index is 1370. The van der Waals surface area contributed by atoms with Crippen LogP contribution in [-0.2, 0) is 41.8 Å². The van der Waals surface area contributed by atoms with Crippen molar-refractivity contribution in [3.05, 3.63) is 72.9 Å². The van der Waals surface area contributed by atoms with E-state index in [1.807, 2.05) is 54.7 Å². The highest BCUT2D eigenvalue weighted by Crippen LogP contribution is 2.43. The Morgan fingerprint density at radius 2 is 1.15 bits per heavy atom. The summed E-state index contributed by atoms with van der Waals surface area (Å²) in [6, 6.07) is 0. The molecule has 0 aliphatic heterocycles. The summed E-state index contributed by atoms with van der Waals surface area (Å²) in [6.45, 7) is 3.73. The number of esters is 2. The van der Waals surface area contributed by atoms with Gasteiger partial charge in [0.25, 0.3) is 0 Å². The smallest absolute Gasteiger partial charge is 0.462 e. The van der Waals surface area contributed by atoms with Crippen molar-refractivity contribution in [1.82, 2.24) is 0 Å². The zero-order chi connectivity index (χ0) is 44.7. The number of aliphatic hydroxyl groups is 2. The van der Waals surface area contributed by atoms with E-state index in [4.69, 9.17) is 23.8 Å². The highest BCUT2D eigenvalue weighted by Gasteiger charge is 2.28. The summed E-state index contributed by atoms with van der Waals surface area (Å²) in [5.41, 5.74) is 0. The average molecular weight is 891 g/mol. The Morgan fingerprint density at radius 3 is 1.75 bits per heavy atom. The number of carbonyl (C=O) groups excluding carboxylic acids is 2. The Kier molecular flexibility index (Phi) is 36.6. The van der Waals surface area contributed by atoms with Crippen LogP contribution in [0.15, 0.2) is 72.9 Å². The minimum Gasteiger partial charge on any atom is -0.462 e. The molecule has 4 atom stereocenters. The number of rotatable bonds is 39. The molecule has 0 aliphatic carbocycles. The van der Waals surface area contributed by atoms with E-state index >= 15 is 0 Å². The van der Waals surface area contributed by atoms with E-state index in [1.165, 1.54) is 38.5 Å². The normalized spacial score (nSPS) is 15.3. The highest BCUT2D eigenvalue weighted by molar-refractivity contribution is 7.47. The second-order valence-electron chi connectivity index (χ2n) is 14.9. The number of hydrogen-bond donors (Lipinski definition) is 5. The topological polar surface area (TPSA) is 216 Å². The molecule has 0 saturated heterocycles. The molecule has 60 heavy (non-hydrogen) atoms. The van der Waals surface area contributed by atoms with Crippen molar-refractivity contribution < 1.29 is 66.7 Å². The first kappa shape index (κ1) is 57.5. The number of ether oxygens (including phenoxy) is 2. The standard InChI is InChI=1S/C44H76O14P2/c1-4-5-25-31-40(45)32-27-22-18-14-9-7-6-8-10-15-19-23-28-33-43(47)54-37-42(38-57-60(52,53)56-36-41(46)35-55-59(49,50)51)58-44(48)34-29-24-20-16-12-11-13-17-21-26-30-39(2)3/h5,7-10,18-19,22-23,25,27,32,39-42,45-46H,4,6,11-17,20-21,24,26,28-31,33-38H2,1-3H3,(H,52,53)(H2,49,50,51)/b9-7-,10-8-,22-18+,23-19-,25-5-,32-27+/t40?,41-,42+/m0/s1. The molecule has 16 heteroatoms. The number of hydrogen-bond acceptors (Lipinski definition) is 11. The van der Waals surface area contributed by atoms with Gasteiger partial charge in [0.1, 0.15) is 12.7 Å². The predicted octanol–water partition coefficient (Wildman–Crippen LogP) is 9.83. The van der Waals surface area contributed by atoms with Gasteiger partial charge in [-0.2, -0.15) is 0 Å². The Hall–Kier alpha value is -2.48. The fourth-order valence-electron chi connectivity index (χ4n) is 5.35. The van der Waals surface area contributed by atoms with Gasteiger partial charge in [0.05, 0.1) is 25.9 Å². The van der Waals surface area contributed by atoms with E-state index in [-0.39, 0.29) is 12.8 Å². The van der Waals surface area contributed by atoms with E-state index in [9.17, 15) is 33.8 Å². The van der Waals surface area contributed by atoms with Gasteiger partial charge in [-0.1, -0.05) is 158 Å². The van der Waals surface area contributed by atoms with Crippen LogP contribution in [0.2, 0.25) is 0 Å². The largest absolute Gasteiger partial charge is 0.472 e. The number of aliphatic hydroxyl groups excluding tert-OH is 2. The first-order valence-electron chi connectivity index (χ1n) is 21.6. The SMILES string of the molecule is CC/C=C\CC(O)/C=C/C=C/C/C=C\C/C=C\C/C=C\CCC(=O)OC[C@H](COP(=O)(O)OC[C@@H](O)COP(=O)(O)O)OC(=O)CCCCCCCCCCCCC(C)C. The number of carbonyl (C=O) groups is 2. The van der Waals surface area contributed by atoms with E-state index < -0.39 is 72.3 Å². The van der Waals surface area contributed by atoms with Gasteiger partial charge in [0.15, 0.2) is 6.10 Å². The molecule has 0 aromatic heterocycles. The average Bonchev–Trinajstić information content (AvgIpc) is 3.18. The second kappa shape index (κ2) is 38.2. The van der Waals surface area contributed by atoms with Crippen LogP contribution in [-0.4, -0.2) is 81.6 Å². The van der Waals surface area contributed by atoms with Crippen molar-refractivity contribution in [3.8, 4) is 0 Å². The van der Waals surface area contributed by atoms with Gasteiger partial charge in [0.2, 0.25) is 0 Å². The number of unbranched alkanes of at least 4 members (excludes halogenated alkanes) is 9. The summed E-state index contributed by atoms with van der Waals surface area (Å²) in [6.07, 6.45) is 36.8. The maximum atomic E-state index is 12.6. The minimum atomic E-state index is -4.88. The molecule has 5 N–H and O–H groups in total. The van der Waals surface area contributed by atoms with Crippen LogP contribution in [0.3, 0.4) is 0 Å². The fraction of sp³-hybridized carbons (Fsp3) is 0.682. The molecule has 0 fully saturated rings. The van der Waals surface area contributed by atoms with Gasteiger partial charge < -0.3 is 34.4 Å². The predicted molar refractivity (Wildman–Crippen MR) is 236 cm³/mol. The summed E-state index contributed by atoms with van der Waals surface area (Å²) >= 11 is 0. The van der Waals surface area contributed by atoms with Crippen LogP contribution in [0.4, 0.5) is 0 Å². The van der Waals surface area contributed by atoms with Gasteiger partial charge in [0, 0.05) is 12.8 Å². The lowest BCUT2D eigenvalue weighted by molar-refractivity contribution is -0.161. The van der Waals surface area contributed by atoms with Gasteiger partial charge in [-0.05, 0) is 50.9 Å². The summed E-state index contributed by atoms with van der Waals surface area (Å²) in [5, 5.41) is 19.6. The molecule has 0 rings (SSSR count). The van der Waals surface area contributed by atoms with Crippen LogP contribution in [0.25, 0.3) is 0 Å². The molecule has 0 aromatic carbocycles. The van der Waals surface area contributed by atoms with E-state index in [2.05, 4.69) is 42.0 Å². The monoisotopic (exact) mass is 890 g/mol. The van der Waals surface area contributed by atoms with Gasteiger partial charge in [-0.25, -0.2) is 9.13 Å². The molecular weight excluding hydrogens is 814 g/mol. The van der Waals surface area contributed by atoms with E-state index in [0.717, 1.165) is 50.9 Å². The minimum absolute atomic E-state index is 0.0519. The Labute approximate surface area is 359 Å². The highest BCUT2D eigenvalue weighted by atomic mass is 31.2. The number of phosphoric ester groups is 2. The van der Waals surface area contributed by atoms with Gasteiger partial charge >= 0.3 is 27.6 Å². The molecule has 0 heterocycles. The van der Waals surface area contributed by atoms with Crippen LogP contribution < -0.4 is 0 Å². The van der Waals surface area contributed by atoms with Gasteiger partial charge in [-0.15, -0.1) is 0 Å². The molecule has 0 spiro atoms. The molecule has 14 nitrogen and oxygen atoms in total. The van der Waals surface area contributed by atoms with Crippen molar-refractivity contribution in [2.75, 3.05) is 26.4 Å². The van der Waals surface area contributed by atoms with E-state index in [1.54, 1.807) is 6.08 Å². The number of phosphoric acid groups is 2. The third kappa shape index (κ3) is 42.2. The van der Waals surface area contributed by atoms with Crippen LogP contribution in [0.5, 0.6) is 0 Å². The van der Waals surface area contributed by atoms with Crippen molar-refractivity contribution in [1.29, 1.82) is 0 Å². The lowest BCUT2D eigenvalue weighted by Gasteiger charge is -2.20. The number of allylic oxidation sites excluding steroid dienone is 10. The quantitative estimate of drug-likeness (QED) is 0.0128. The summed E-state index contributed by atoms with van der Waals surface area (Å²) < 4.78 is 47.6. The molecule has 346 valence electrons. The summed E-state index contributed by atoms with van der Waals surface area (Å²) in [5.74, 6) is -0.396. The first-order valence-corrected chi connectivity index (χ1v) is 24.6. The van der Waals surface area contributed by atoms with Crippen molar-refractivity contribution in [2.24, 2.45) is 5.92 Å². The molecule has 0 radical (unpaired) electrons. The second-order valence-corrected chi connectivity index (χ2v) is 17.6. The maximum absolute atomic E-state index is 12.6. The Morgan fingerprint density at radius 1 is 0.600 bits per heavy atom. The van der Waals surface area contributed by atoms with Crippen LogP contribution in [0.1, 0.15) is 143 Å². The van der Waals surface area contributed by atoms with Crippen LogP contribution in [0, 0.1) is 5.92 Å². The zero-order valence-corrected chi connectivity index (χ0v) is 38.1. The van der Waals surface area contributed by atoms with Crippen molar-refractivity contribution >= 4 is 27.6 Å². The molecule has 2 unspecified atom stereocenters. The molecule has 0 aliphatic rings.